The first kappa shape index (κ1) is 25.2. The van der Waals surface area contributed by atoms with Gasteiger partial charge in [-0.1, -0.05) is 11.6 Å². The maximum absolute atomic E-state index is 13.2. The second-order valence-corrected chi connectivity index (χ2v) is 7.25. The number of benzene rings is 2. The number of aryl methyl sites for hydroxylation is 1. The zero-order valence-corrected chi connectivity index (χ0v) is 19.5. The normalized spacial score (nSPS) is 10.5. The van der Waals surface area contributed by atoms with Crippen LogP contribution in [0.5, 0.6) is 0 Å². The van der Waals surface area contributed by atoms with E-state index in [1.54, 1.807) is 52.5 Å². The molecule has 0 aromatic heterocycles. The van der Waals surface area contributed by atoms with Crippen LogP contribution in [0.1, 0.15) is 22.8 Å². The zero-order valence-electron chi connectivity index (χ0n) is 19.5. The smallest absolute Gasteiger partial charge is 0.413 e. The lowest BCUT2D eigenvalue weighted by atomic mass is 10.1. The molecule has 0 bridgehead atoms. The Morgan fingerprint density at radius 3 is 2.16 bits per heavy atom. The Kier molecular flexibility index (Phi) is 9.97. The summed E-state index contributed by atoms with van der Waals surface area (Å²) in [4.78, 5) is 28.5. The van der Waals surface area contributed by atoms with Gasteiger partial charge < -0.3 is 24.4 Å². The number of carbonyl (C=O) groups is 2. The van der Waals surface area contributed by atoms with Gasteiger partial charge in [0.05, 0.1) is 25.4 Å². The van der Waals surface area contributed by atoms with Crippen molar-refractivity contribution in [1.29, 1.82) is 0 Å². The molecule has 0 aliphatic carbocycles. The minimum Gasteiger partial charge on any atom is -0.449 e. The van der Waals surface area contributed by atoms with E-state index in [4.69, 9.17) is 14.2 Å². The number of carbonyl (C=O) groups excluding carboxylic acids is 2. The largest absolute Gasteiger partial charge is 0.449 e. The Balaban J connectivity index is 2.22. The Morgan fingerprint density at radius 2 is 1.59 bits per heavy atom. The standard InChI is InChI=1S/C24H33N3O5/c1-6-32-24(29)26(3)20-10-8-19(9-11-20)25-23(28)21-17-18(2)7-12-22(21)27(13-15-30-4)14-16-31-5/h7-12,17H,6,13-16H2,1-5H3,(H,25,28). The molecule has 32 heavy (non-hydrogen) atoms. The molecule has 174 valence electrons. The van der Waals surface area contributed by atoms with Gasteiger partial charge in [0.15, 0.2) is 0 Å². The fraction of sp³-hybridized carbons (Fsp3) is 0.417. The van der Waals surface area contributed by atoms with Crippen molar-refractivity contribution in [3.8, 4) is 0 Å². The molecule has 2 aromatic carbocycles. The fourth-order valence-electron chi connectivity index (χ4n) is 3.16. The fourth-order valence-corrected chi connectivity index (χ4v) is 3.16. The Bertz CT molecular complexity index is 878. The van der Waals surface area contributed by atoms with Gasteiger partial charge in [-0.2, -0.15) is 0 Å². The highest BCUT2D eigenvalue weighted by atomic mass is 16.6. The highest BCUT2D eigenvalue weighted by Gasteiger charge is 2.18. The summed E-state index contributed by atoms with van der Waals surface area (Å²) < 4.78 is 15.5. The van der Waals surface area contributed by atoms with Crippen molar-refractivity contribution >= 4 is 29.1 Å². The first-order valence-electron chi connectivity index (χ1n) is 10.6. The number of nitrogens with one attached hydrogen (secondary N) is 1. The van der Waals surface area contributed by atoms with E-state index in [1.807, 2.05) is 25.1 Å². The van der Waals surface area contributed by atoms with Crippen LogP contribution < -0.4 is 15.1 Å². The van der Waals surface area contributed by atoms with Crippen LogP contribution in [0.15, 0.2) is 42.5 Å². The Hall–Kier alpha value is -3.10. The van der Waals surface area contributed by atoms with Crippen LogP contribution in [-0.2, 0) is 14.2 Å². The molecule has 2 amide bonds. The molecule has 8 heteroatoms. The number of ether oxygens (including phenoxy) is 3. The molecule has 0 unspecified atom stereocenters. The molecular weight excluding hydrogens is 410 g/mol. The molecule has 8 nitrogen and oxygen atoms in total. The van der Waals surface area contributed by atoms with Crippen molar-refractivity contribution in [2.24, 2.45) is 0 Å². The lowest BCUT2D eigenvalue weighted by Crippen LogP contribution is -2.32. The predicted octanol–water partition coefficient (Wildman–Crippen LogP) is 3.94. The van der Waals surface area contributed by atoms with E-state index in [-0.39, 0.29) is 5.91 Å². The average Bonchev–Trinajstić information content (AvgIpc) is 2.79. The lowest BCUT2D eigenvalue weighted by molar-refractivity contribution is 0.102. The Morgan fingerprint density at radius 1 is 0.969 bits per heavy atom. The minimum atomic E-state index is -0.430. The third-order valence-electron chi connectivity index (χ3n) is 4.92. The van der Waals surface area contributed by atoms with Crippen LogP contribution in [0.25, 0.3) is 0 Å². The van der Waals surface area contributed by atoms with Crippen molar-refractivity contribution in [3.63, 3.8) is 0 Å². The molecule has 0 aliphatic heterocycles. The van der Waals surface area contributed by atoms with Crippen LogP contribution in [0.4, 0.5) is 21.9 Å². The van der Waals surface area contributed by atoms with E-state index in [1.165, 1.54) is 4.90 Å². The first-order chi connectivity index (χ1) is 15.4. The molecule has 0 atom stereocenters. The van der Waals surface area contributed by atoms with Crippen molar-refractivity contribution in [3.05, 3.63) is 53.6 Å². The molecule has 0 saturated carbocycles. The molecule has 0 fully saturated rings. The summed E-state index contributed by atoms with van der Waals surface area (Å²) in [7, 11) is 4.94. The maximum Gasteiger partial charge on any atom is 0.413 e. The lowest BCUT2D eigenvalue weighted by Gasteiger charge is -2.26. The summed E-state index contributed by atoms with van der Waals surface area (Å²) in [6.07, 6.45) is -0.430. The minimum absolute atomic E-state index is 0.213. The Labute approximate surface area is 190 Å². The molecule has 0 aliphatic rings. The molecule has 0 heterocycles. The van der Waals surface area contributed by atoms with Gasteiger partial charge in [0.1, 0.15) is 0 Å². The summed E-state index contributed by atoms with van der Waals surface area (Å²) in [5.41, 5.74) is 3.68. The van der Waals surface area contributed by atoms with Gasteiger partial charge in [-0.05, 0) is 50.2 Å². The third kappa shape index (κ3) is 6.96. The van der Waals surface area contributed by atoms with E-state index in [2.05, 4.69) is 10.2 Å². The second kappa shape index (κ2) is 12.7. The summed E-state index contributed by atoms with van der Waals surface area (Å²) >= 11 is 0. The second-order valence-electron chi connectivity index (χ2n) is 7.25. The number of hydrogen-bond donors (Lipinski definition) is 1. The monoisotopic (exact) mass is 443 g/mol. The van der Waals surface area contributed by atoms with Gasteiger partial charge >= 0.3 is 6.09 Å². The number of nitrogens with zero attached hydrogens (tertiary/aromatic N) is 2. The van der Waals surface area contributed by atoms with Crippen LogP contribution in [0.3, 0.4) is 0 Å². The number of amides is 2. The first-order valence-corrected chi connectivity index (χ1v) is 10.6. The van der Waals surface area contributed by atoms with Gasteiger partial charge in [0.2, 0.25) is 0 Å². The van der Waals surface area contributed by atoms with Crippen LogP contribution in [-0.4, -0.2) is 66.2 Å². The topological polar surface area (TPSA) is 80.3 Å². The molecule has 0 saturated heterocycles. The van der Waals surface area contributed by atoms with Crippen molar-refractivity contribution < 1.29 is 23.8 Å². The average molecular weight is 444 g/mol. The van der Waals surface area contributed by atoms with Crippen molar-refractivity contribution in [2.45, 2.75) is 13.8 Å². The highest BCUT2D eigenvalue weighted by Crippen LogP contribution is 2.24. The molecule has 0 radical (unpaired) electrons. The predicted molar refractivity (Wildman–Crippen MR) is 127 cm³/mol. The third-order valence-corrected chi connectivity index (χ3v) is 4.92. The van der Waals surface area contributed by atoms with Crippen LogP contribution in [0.2, 0.25) is 0 Å². The summed E-state index contributed by atoms with van der Waals surface area (Å²) in [6.45, 7) is 6.37. The molecule has 2 rings (SSSR count). The van der Waals surface area contributed by atoms with E-state index in [0.29, 0.717) is 49.8 Å². The van der Waals surface area contributed by atoms with Crippen LogP contribution in [0, 0.1) is 6.92 Å². The number of rotatable bonds is 11. The summed E-state index contributed by atoms with van der Waals surface area (Å²) in [5, 5.41) is 2.95. The maximum atomic E-state index is 13.2. The van der Waals surface area contributed by atoms with Crippen molar-refractivity contribution in [2.75, 3.05) is 69.3 Å². The zero-order chi connectivity index (χ0) is 23.5. The number of methoxy groups -OCH3 is 2. The molecule has 0 spiro atoms. The van der Waals surface area contributed by atoms with E-state index >= 15 is 0 Å². The summed E-state index contributed by atoms with van der Waals surface area (Å²) in [6, 6.07) is 12.8. The van der Waals surface area contributed by atoms with E-state index in [9.17, 15) is 9.59 Å². The van der Waals surface area contributed by atoms with Gasteiger partial charge in [-0.3, -0.25) is 9.69 Å². The number of hydrogen-bond acceptors (Lipinski definition) is 6. The quantitative estimate of drug-likeness (QED) is 0.567. The van der Waals surface area contributed by atoms with Gasteiger partial charge in [0.25, 0.3) is 5.91 Å². The SMILES string of the molecule is CCOC(=O)N(C)c1ccc(NC(=O)c2cc(C)ccc2N(CCOC)CCOC)cc1. The van der Waals surface area contributed by atoms with Gasteiger partial charge in [0, 0.05) is 51.4 Å². The summed E-state index contributed by atoms with van der Waals surface area (Å²) in [5.74, 6) is -0.213. The van der Waals surface area contributed by atoms with Crippen molar-refractivity contribution in [1.82, 2.24) is 0 Å². The van der Waals surface area contributed by atoms with Gasteiger partial charge in [-0.15, -0.1) is 0 Å². The molecule has 1 N–H and O–H groups in total. The number of anilines is 3. The van der Waals surface area contributed by atoms with Crippen LogP contribution >= 0.6 is 0 Å². The van der Waals surface area contributed by atoms with Gasteiger partial charge in [-0.25, -0.2) is 4.79 Å². The van der Waals surface area contributed by atoms with E-state index < -0.39 is 6.09 Å². The highest BCUT2D eigenvalue weighted by molar-refractivity contribution is 6.08. The van der Waals surface area contributed by atoms with E-state index in [0.717, 1.165) is 11.3 Å². The molecular formula is C24H33N3O5. The molecule has 2 aromatic rings.